The summed E-state index contributed by atoms with van der Waals surface area (Å²) in [5.74, 6) is 2.29. The molecule has 0 aromatic heterocycles. The van der Waals surface area contributed by atoms with Gasteiger partial charge in [-0.25, -0.2) is 0 Å². The molecule has 5 nitrogen and oxygen atoms in total. The molecule has 0 spiro atoms. The van der Waals surface area contributed by atoms with Crippen molar-refractivity contribution < 1.29 is 19.0 Å². The van der Waals surface area contributed by atoms with Crippen molar-refractivity contribution >= 4 is 11.6 Å². The van der Waals surface area contributed by atoms with Crippen LogP contribution in [0.4, 0.5) is 5.69 Å². The molecule has 1 heterocycles. The third-order valence-corrected chi connectivity index (χ3v) is 4.70. The van der Waals surface area contributed by atoms with Crippen molar-refractivity contribution in [2.45, 2.75) is 25.2 Å². The Bertz CT molecular complexity index is 781. The molecule has 1 amide bonds. The van der Waals surface area contributed by atoms with Crippen LogP contribution in [0.25, 0.3) is 0 Å². The number of benzene rings is 2. The third kappa shape index (κ3) is 3.02. The molecule has 1 fully saturated rings. The number of anilines is 1. The first-order valence-electron chi connectivity index (χ1n) is 8.66. The Labute approximate surface area is 146 Å². The SMILES string of the molecule is CCOc1ccc(NC(=O)C2(c3ccc4c(c3)OCCO4)CC2)cc1. The summed E-state index contributed by atoms with van der Waals surface area (Å²) in [5.41, 5.74) is 1.30. The Kier molecular flexibility index (Phi) is 3.99. The fourth-order valence-corrected chi connectivity index (χ4v) is 3.16. The Balaban J connectivity index is 1.51. The van der Waals surface area contributed by atoms with E-state index in [1.54, 1.807) is 0 Å². The Hall–Kier alpha value is -2.69. The fraction of sp³-hybridized carbons (Fsp3) is 0.350. The Morgan fingerprint density at radius 1 is 1.08 bits per heavy atom. The van der Waals surface area contributed by atoms with Gasteiger partial charge in [0.05, 0.1) is 12.0 Å². The number of carbonyl (C=O) groups excluding carboxylic acids is 1. The van der Waals surface area contributed by atoms with Crippen molar-refractivity contribution in [2.24, 2.45) is 0 Å². The lowest BCUT2D eigenvalue weighted by Gasteiger charge is -2.21. The largest absolute Gasteiger partial charge is 0.494 e. The highest BCUT2D eigenvalue weighted by Crippen LogP contribution is 2.50. The van der Waals surface area contributed by atoms with Crippen LogP contribution in [0.5, 0.6) is 17.2 Å². The molecule has 1 aliphatic carbocycles. The van der Waals surface area contributed by atoms with Crippen LogP contribution in [-0.4, -0.2) is 25.7 Å². The van der Waals surface area contributed by atoms with Gasteiger partial charge in [0, 0.05) is 5.69 Å². The summed E-state index contributed by atoms with van der Waals surface area (Å²) in [6.07, 6.45) is 1.69. The molecule has 25 heavy (non-hydrogen) atoms. The summed E-state index contributed by atoms with van der Waals surface area (Å²) in [6, 6.07) is 13.3. The van der Waals surface area contributed by atoms with Gasteiger partial charge in [-0.2, -0.15) is 0 Å². The summed E-state index contributed by atoms with van der Waals surface area (Å²) in [6.45, 7) is 3.68. The van der Waals surface area contributed by atoms with E-state index < -0.39 is 5.41 Å². The van der Waals surface area contributed by atoms with E-state index in [4.69, 9.17) is 14.2 Å². The first kappa shape index (κ1) is 15.8. The number of ether oxygens (including phenoxy) is 3. The summed E-state index contributed by atoms with van der Waals surface area (Å²) in [5, 5.41) is 3.03. The molecule has 2 aliphatic rings. The van der Waals surface area contributed by atoms with Crippen LogP contribution in [-0.2, 0) is 10.2 Å². The lowest BCUT2D eigenvalue weighted by Crippen LogP contribution is -2.28. The normalized spacial score (nSPS) is 16.8. The van der Waals surface area contributed by atoms with E-state index in [0.717, 1.165) is 41.3 Å². The zero-order valence-corrected chi connectivity index (χ0v) is 14.2. The van der Waals surface area contributed by atoms with E-state index in [1.807, 2.05) is 49.4 Å². The molecule has 5 heteroatoms. The second-order valence-corrected chi connectivity index (χ2v) is 6.35. The highest BCUT2D eigenvalue weighted by molar-refractivity contribution is 6.01. The van der Waals surface area contributed by atoms with E-state index in [0.29, 0.717) is 19.8 Å². The molecule has 2 aromatic carbocycles. The minimum atomic E-state index is -0.464. The molecule has 2 aromatic rings. The lowest BCUT2D eigenvalue weighted by molar-refractivity contribution is -0.118. The minimum absolute atomic E-state index is 0.0216. The number of nitrogens with one attached hydrogen (secondary N) is 1. The van der Waals surface area contributed by atoms with Gasteiger partial charge in [0.25, 0.3) is 0 Å². The second kappa shape index (κ2) is 6.31. The van der Waals surface area contributed by atoms with Crippen LogP contribution in [0, 0.1) is 0 Å². The van der Waals surface area contributed by atoms with Crippen LogP contribution in [0.2, 0.25) is 0 Å². The predicted octanol–water partition coefficient (Wildman–Crippen LogP) is 3.53. The number of amides is 1. The zero-order valence-electron chi connectivity index (χ0n) is 14.2. The molecule has 0 bridgehead atoms. The molecular weight excluding hydrogens is 318 g/mol. The van der Waals surface area contributed by atoms with Gasteiger partial charge in [-0.1, -0.05) is 6.07 Å². The highest BCUT2D eigenvalue weighted by Gasteiger charge is 2.51. The Morgan fingerprint density at radius 2 is 1.80 bits per heavy atom. The van der Waals surface area contributed by atoms with Gasteiger partial charge in [-0.3, -0.25) is 4.79 Å². The molecule has 130 valence electrons. The molecular formula is C20H21NO4. The summed E-state index contributed by atoms with van der Waals surface area (Å²) in [4.78, 5) is 12.9. The van der Waals surface area contributed by atoms with Gasteiger partial charge in [0.2, 0.25) is 5.91 Å². The summed E-state index contributed by atoms with van der Waals surface area (Å²) >= 11 is 0. The molecule has 1 saturated carbocycles. The highest BCUT2D eigenvalue weighted by atomic mass is 16.6. The van der Waals surface area contributed by atoms with Gasteiger partial charge in [0.1, 0.15) is 19.0 Å². The Morgan fingerprint density at radius 3 is 2.48 bits per heavy atom. The maximum Gasteiger partial charge on any atom is 0.235 e. The number of rotatable bonds is 5. The van der Waals surface area contributed by atoms with E-state index in [1.165, 1.54) is 0 Å². The van der Waals surface area contributed by atoms with Crippen molar-refractivity contribution in [3.8, 4) is 17.2 Å². The monoisotopic (exact) mass is 339 g/mol. The first-order chi connectivity index (χ1) is 12.2. The van der Waals surface area contributed by atoms with Crippen molar-refractivity contribution in [3.05, 3.63) is 48.0 Å². The van der Waals surface area contributed by atoms with E-state index >= 15 is 0 Å². The maximum atomic E-state index is 12.9. The average molecular weight is 339 g/mol. The second-order valence-electron chi connectivity index (χ2n) is 6.35. The van der Waals surface area contributed by atoms with Gasteiger partial charge in [0.15, 0.2) is 11.5 Å². The van der Waals surface area contributed by atoms with Crippen LogP contribution in [0.15, 0.2) is 42.5 Å². The van der Waals surface area contributed by atoms with Crippen LogP contribution in [0.3, 0.4) is 0 Å². The molecule has 0 atom stereocenters. The predicted molar refractivity (Wildman–Crippen MR) is 94.6 cm³/mol. The number of fused-ring (bicyclic) bond motifs is 1. The van der Waals surface area contributed by atoms with Crippen LogP contribution in [0.1, 0.15) is 25.3 Å². The maximum absolute atomic E-state index is 12.9. The zero-order chi connectivity index (χ0) is 17.3. The average Bonchev–Trinajstić information content (AvgIpc) is 3.45. The summed E-state index contributed by atoms with van der Waals surface area (Å²) < 4.78 is 16.6. The number of hydrogen-bond donors (Lipinski definition) is 1. The minimum Gasteiger partial charge on any atom is -0.494 e. The van der Waals surface area contributed by atoms with Crippen molar-refractivity contribution in [2.75, 3.05) is 25.1 Å². The van der Waals surface area contributed by atoms with Crippen molar-refractivity contribution in [1.82, 2.24) is 0 Å². The molecule has 1 aliphatic heterocycles. The van der Waals surface area contributed by atoms with Gasteiger partial charge >= 0.3 is 0 Å². The van der Waals surface area contributed by atoms with Gasteiger partial charge in [-0.15, -0.1) is 0 Å². The quantitative estimate of drug-likeness (QED) is 0.905. The van der Waals surface area contributed by atoms with E-state index in [-0.39, 0.29) is 5.91 Å². The van der Waals surface area contributed by atoms with Crippen LogP contribution < -0.4 is 19.5 Å². The van der Waals surface area contributed by atoms with E-state index in [9.17, 15) is 4.79 Å². The molecule has 0 radical (unpaired) electrons. The molecule has 0 saturated heterocycles. The standard InChI is InChI=1S/C20H21NO4/c1-2-23-16-6-4-15(5-7-16)21-19(22)20(9-10-20)14-3-8-17-18(13-14)25-12-11-24-17/h3-8,13H,2,9-12H2,1H3,(H,21,22). The third-order valence-electron chi connectivity index (χ3n) is 4.70. The number of hydrogen-bond acceptors (Lipinski definition) is 4. The molecule has 0 unspecified atom stereocenters. The van der Waals surface area contributed by atoms with Crippen LogP contribution >= 0.6 is 0 Å². The van der Waals surface area contributed by atoms with E-state index in [2.05, 4.69) is 5.32 Å². The van der Waals surface area contributed by atoms with Crippen molar-refractivity contribution in [1.29, 1.82) is 0 Å². The lowest BCUT2D eigenvalue weighted by atomic mass is 9.94. The van der Waals surface area contributed by atoms with Gasteiger partial charge in [-0.05, 0) is 61.7 Å². The molecule has 1 N–H and O–H groups in total. The number of carbonyl (C=O) groups is 1. The smallest absolute Gasteiger partial charge is 0.235 e. The summed E-state index contributed by atoms with van der Waals surface area (Å²) in [7, 11) is 0. The fourth-order valence-electron chi connectivity index (χ4n) is 3.16. The van der Waals surface area contributed by atoms with Gasteiger partial charge < -0.3 is 19.5 Å². The molecule has 4 rings (SSSR count). The van der Waals surface area contributed by atoms with Crippen molar-refractivity contribution in [3.63, 3.8) is 0 Å². The topological polar surface area (TPSA) is 56.8 Å². The first-order valence-corrected chi connectivity index (χ1v) is 8.66.